The minimum atomic E-state index is 0.141. The number of hydrogen-bond donors (Lipinski definition) is 1. The fourth-order valence-electron chi connectivity index (χ4n) is 1.71. The van der Waals surface area contributed by atoms with Gasteiger partial charge in [-0.05, 0) is 43.8 Å². The lowest BCUT2D eigenvalue weighted by molar-refractivity contribution is 0.475. The number of pyridine rings is 1. The Labute approximate surface area is 125 Å². The Morgan fingerprint density at radius 2 is 2.00 bits per heavy atom. The molecule has 1 aromatic heterocycles. The highest BCUT2D eigenvalue weighted by Crippen LogP contribution is 2.25. The molecule has 0 aliphatic carbocycles. The third-order valence-electron chi connectivity index (χ3n) is 2.83. The van der Waals surface area contributed by atoms with Gasteiger partial charge >= 0.3 is 0 Å². The number of halogens is 3. The Kier molecular flexibility index (Phi) is 6.82. The maximum atomic E-state index is 6.37. The third kappa shape index (κ3) is 4.76. The van der Waals surface area contributed by atoms with E-state index in [1.807, 2.05) is 6.07 Å². The van der Waals surface area contributed by atoms with Crippen LogP contribution in [-0.4, -0.2) is 16.9 Å². The molecule has 96 valence electrons. The van der Waals surface area contributed by atoms with Crippen molar-refractivity contribution in [2.45, 2.75) is 32.1 Å². The summed E-state index contributed by atoms with van der Waals surface area (Å²) >= 11 is 13.2. The highest BCUT2D eigenvalue weighted by Gasteiger charge is 2.15. The molecule has 5 heteroatoms. The molecule has 0 amide bonds. The van der Waals surface area contributed by atoms with Crippen LogP contribution >= 0.6 is 43.5 Å². The van der Waals surface area contributed by atoms with Crippen molar-refractivity contribution < 1.29 is 0 Å². The standard InChI is InChI=1S/C12H17Br2ClN2/c1-3-8(4-2)11(15)7-17-12-10(14)5-9(13)6-16-12/h5-6,8,11H,3-4,7H2,1-2H3,(H,16,17). The lowest BCUT2D eigenvalue weighted by Crippen LogP contribution is -2.23. The largest absolute Gasteiger partial charge is 0.368 e. The summed E-state index contributed by atoms with van der Waals surface area (Å²) < 4.78 is 1.90. The number of aromatic nitrogens is 1. The first-order valence-corrected chi connectivity index (χ1v) is 7.79. The highest BCUT2D eigenvalue weighted by molar-refractivity contribution is 9.11. The van der Waals surface area contributed by atoms with Gasteiger partial charge in [-0.1, -0.05) is 26.7 Å². The molecular formula is C12H17Br2ClN2. The van der Waals surface area contributed by atoms with Crippen molar-refractivity contribution >= 4 is 49.3 Å². The van der Waals surface area contributed by atoms with Crippen molar-refractivity contribution in [1.82, 2.24) is 4.98 Å². The molecule has 0 saturated heterocycles. The van der Waals surface area contributed by atoms with Gasteiger partial charge < -0.3 is 5.32 Å². The second kappa shape index (κ2) is 7.59. The SMILES string of the molecule is CCC(CC)C(Cl)CNc1ncc(Br)cc1Br. The molecule has 2 nitrogen and oxygen atoms in total. The van der Waals surface area contributed by atoms with Gasteiger partial charge in [0.05, 0.1) is 9.85 Å². The van der Waals surface area contributed by atoms with Crippen LogP contribution in [0.3, 0.4) is 0 Å². The van der Waals surface area contributed by atoms with E-state index in [0.29, 0.717) is 5.92 Å². The molecule has 0 radical (unpaired) electrons. The molecular weight excluding hydrogens is 367 g/mol. The zero-order valence-corrected chi connectivity index (χ0v) is 13.9. The first-order valence-electron chi connectivity index (χ1n) is 5.77. The van der Waals surface area contributed by atoms with Gasteiger partial charge in [-0.25, -0.2) is 4.98 Å². The van der Waals surface area contributed by atoms with Crippen LogP contribution in [0.5, 0.6) is 0 Å². The third-order valence-corrected chi connectivity index (χ3v) is 4.38. The maximum Gasteiger partial charge on any atom is 0.140 e. The van der Waals surface area contributed by atoms with Crippen LogP contribution in [0.4, 0.5) is 5.82 Å². The van der Waals surface area contributed by atoms with Gasteiger partial charge in [0.25, 0.3) is 0 Å². The first-order chi connectivity index (χ1) is 8.08. The van der Waals surface area contributed by atoms with E-state index < -0.39 is 0 Å². The van der Waals surface area contributed by atoms with Crippen LogP contribution in [0, 0.1) is 5.92 Å². The maximum absolute atomic E-state index is 6.37. The Hall–Kier alpha value is 0.200. The topological polar surface area (TPSA) is 24.9 Å². The van der Waals surface area contributed by atoms with Crippen molar-refractivity contribution in [3.05, 3.63) is 21.2 Å². The average Bonchev–Trinajstić information content (AvgIpc) is 2.29. The Balaban J connectivity index is 2.55. The Morgan fingerprint density at radius 3 is 2.53 bits per heavy atom. The van der Waals surface area contributed by atoms with E-state index in [0.717, 1.165) is 34.1 Å². The van der Waals surface area contributed by atoms with E-state index in [1.165, 1.54) is 0 Å². The predicted molar refractivity (Wildman–Crippen MR) is 81.8 cm³/mol. The van der Waals surface area contributed by atoms with Gasteiger partial charge in [-0.2, -0.15) is 0 Å². The summed E-state index contributed by atoms with van der Waals surface area (Å²) in [6, 6.07) is 1.97. The van der Waals surface area contributed by atoms with Crippen LogP contribution in [0.15, 0.2) is 21.2 Å². The van der Waals surface area contributed by atoms with Gasteiger partial charge in [0, 0.05) is 17.2 Å². The molecule has 1 rings (SSSR count). The summed E-state index contributed by atoms with van der Waals surface area (Å²) in [7, 11) is 0. The van der Waals surface area contributed by atoms with Gasteiger partial charge in [0.15, 0.2) is 0 Å². The van der Waals surface area contributed by atoms with Crippen molar-refractivity contribution in [1.29, 1.82) is 0 Å². The summed E-state index contributed by atoms with van der Waals surface area (Å²) in [4.78, 5) is 4.30. The zero-order valence-electron chi connectivity index (χ0n) is 10.0. The summed E-state index contributed by atoms with van der Waals surface area (Å²) in [5.74, 6) is 1.39. The van der Waals surface area contributed by atoms with Gasteiger partial charge in [-0.3, -0.25) is 0 Å². The number of rotatable bonds is 6. The molecule has 0 aliphatic rings. The van der Waals surface area contributed by atoms with Crippen molar-refractivity contribution in [3.63, 3.8) is 0 Å². The average molecular weight is 385 g/mol. The van der Waals surface area contributed by atoms with Crippen LogP contribution in [0.2, 0.25) is 0 Å². The molecule has 1 heterocycles. The first kappa shape index (κ1) is 15.3. The minimum Gasteiger partial charge on any atom is -0.368 e. The quantitative estimate of drug-likeness (QED) is 0.693. The molecule has 0 spiro atoms. The van der Waals surface area contributed by atoms with Crippen LogP contribution in [0.25, 0.3) is 0 Å². The smallest absolute Gasteiger partial charge is 0.140 e. The van der Waals surface area contributed by atoms with E-state index in [9.17, 15) is 0 Å². The van der Waals surface area contributed by atoms with Crippen molar-refractivity contribution in [2.24, 2.45) is 5.92 Å². The molecule has 0 aromatic carbocycles. The van der Waals surface area contributed by atoms with Crippen LogP contribution < -0.4 is 5.32 Å². The lowest BCUT2D eigenvalue weighted by atomic mass is 9.99. The summed E-state index contributed by atoms with van der Waals surface area (Å²) in [6.45, 7) is 5.09. The van der Waals surface area contributed by atoms with E-state index >= 15 is 0 Å². The monoisotopic (exact) mass is 382 g/mol. The summed E-state index contributed by atoms with van der Waals surface area (Å²) in [6.07, 6.45) is 4.00. The van der Waals surface area contributed by atoms with E-state index in [4.69, 9.17) is 11.6 Å². The van der Waals surface area contributed by atoms with Crippen LogP contribution in [0.1, 0.15) is 26.7 Å². The minimum absolute atomic E-state index is 0.141. The molecule has 1 aromatic rings. The van der Waals surface area contributed by atoms with Gasteiger partial charge in [0.1, 0.15) is 5.82 Å². The van der Waals surface area contributed by atoms with E-state index in [2.05, 4.69) is 56.0 Å². The van der Waals surface area contributed by atoms with Crippen molar-refractivity contribution in [2.75, 3.05) is 11.9 Å². The van der Waals surface area contributed by atoms with Crippen LogP contribution in [-0.2, 0) is 0 Å². The Bertz CT molecular complexity index is 356. The highest BCUT2D eigenvalue weighted by atomic mass is 79.9. The van der Waals surface area contributed by atoms with Crippen molar-refractivity contribution in [3.8, 4) is 0 Å². The molecule has 0 fully saturated rings. The number of alkyl halides is 1. The number of nitrogens with one attached hydrogen (secondary N) is 1. The van der Waals surface area contributed by atoms with E-state index in [-0.39, 0.29) is 5.38 Å². The zero-order chi connectivity index (χ0) is 12.8. The molecule has 17 heavy (non-hydrogen) atoms. The molecule has 0 aliphatic heterocycles. The molecule has 0 saturated carbocycles. The Morgan fingerprint density at radius 1 is 1.35 bits per heavy atom. The number of nitrogens with zero attached hydrogens (tertiary/aromatic N) is 1. The lowest BCUT2D eigenvalue weighted by Gasteiger charge is -2.20. The molecule has 1 unspecified atom stereocenters. The normalized spacial score (nSPS) is 12.8. The number of anilines is 1. The summed E-state index contributed by atoms with van der Waals surface area (Å²) in [5.41, 5.74) is 0. The van der Waals surface area contributed by atoms with Gasteiger partial charge in [-0.15, -0.1) is 11.6 Å². The predicted octanol–water partition coefficient (Wildman–Crippen LogP) is 5.06. The molecule has 1 atom stereocenters. The second-order valence-electron chi connectivity index (χ2n) is 3.96. The fourth-order valence-corrected chi connectivity index (χ4v) is 3.27. The number of hydrogen-bond acceptors (Lipinski definition) is 2. The van der Waals surface area contributed by atoms with E-state index in [1.54, 1.807) is 6.20 Å². The summed E-state index contributed by atoms with van der Waals surface area (Å²) in [5, 5.41) is 3.42. The molecule has 1 N–H and O–H groups in total. The second-order valence-corrected chi connectivity index (χ2v) is 6.29. The molecule has 0 bridgehead atoms. The van der Waals surface area contributed by atoms with Gasteiger partial charge in [0.2, 0.25) is 0 Å². The fraction of sp³-hybridized carbons (Fsp3) is 0.583.